The quantitative estimate of drug-likeness (QED) is 0.476. The van der Waals surface area contributed by atoms with Gasteiger partial charge in [0.25, 0.3) is 0 Å². The summed E-state index contributed by atoms with van der Waals surface area (Å²) in [5, 5.41) is 5.78. The van der Waals surface area contributed by atoms with E-state index in [1.54, 1.807) is 30.4 Å². The molecular weight excluding hydrogens is 516 g/mol. The van der Waals surface area contributed by atoms with E-state index in [1.807, 2.05) is 19.1 Å². The molecule has 7 nitrogen and oxygen atoms in total. The first-order chi connectivity index (χ1) is 19.3. The Balaban J connectivity index is 1.42. The first-order valence-electron chi connectivity index (χ1n) is 13.1. The molecule has 40 heavy (non-hydrogen) atoms. The van der Waals surface area contributed by atoms with Gasteiger partial charge in [-0.15, -0.1) is 0 Å². The van der Waals surface area contributed by atoms with Crippen molar-refractivity contribution in [1.82, 2.24) is 10.2 Å². The van der Waals surface area contributed by atoms with Crippen LogP contribution in [0.5, 0.6) is 0 Å². The molecule has 2 bridgehead atoms. The van der Waals surface area contributed by atoms with Crippen LogP contribution in [0.3, 0.4) is 0 Å². The predicted octanol–water partition coefficient (Wildman–Crippen LogP) is 4.05. The van der Waals surface area contributed by atoms with E-state index in [9.17, 15) is 23.2 Å². The smallest absolute Gasteiger partial charge is 0.247 e. The number of amides is 3. The van der Waals surface area contributed by atoms with E-state index in [0.717, 1.165) is 5.56 Å². The molecule has 3 amide bonds. The van der Waals surface area contributed by atoms with Crippen LogP contribution in [-0.4, -0.2) is 40.9 Å². The molecule has 3 heterocycles. The lowest BCUT2D eigenvalue weighted by atomic mass is 9.73. The Morgan fingerprint density at radius 3 is 2.50 bits per heavy atom. The maximum atomic E-state index is 14.8. The maximum absolute atomic E-state index is 14.8. The van der Waals surface area contributed by atoms with Crippen LogP contribution in [0.25, 0.3) is 0 Å². The summed E-state index contributed by atoms with van der Waals surface area (Å²) in [5.74, 6) is -4.37. The lowest BCUT2D eigenvalue weighted by molar-refractivity contribution is -0.153. The number of nitrogens with one attached hydrogen (secondary N) is 2. The minimum atomic E-state index is -1.24. The Morgan fingerprint density at radius 1 is 1.05 bits per heavy atom. The first kappa shape index (κ1) is 25.9. The van der Waals surface area contributed by atoms with Gasteiger partial charge >= 0.3 is 0 Å². The van der Waals surface area contributed by atoms with Gasteiger partial charge in [0.15, 0.2) is 0 Å². The summed E-state index contributed by atoms with van der Waals surface area (Å²) < 4.78 is 34.9. The van der Waals surface area contributed by atoms with Crippen molar-refractivity contribution < 1.29 is 27.9 Å². The molecule has 0 aliphatic carbocycles. The molecule has 0 unspecified atom stereocenters. The van der Waals surface area contributed by atoms with Gasteiger partial charge in [0, 0.05) is 17.8 Å². The van der Waals surface area contributed by atoms with Gasteiger partial charge in [-0.2, -0.15) is 0 Å². The number of hydrogen-bond acceptors (Lipinski definition) is 4. The van der Waals surface area contributed by atoms with Crippen molar-refractivity contribution in [3.8, 4) is 0 Å². The third-order valence-electron chi connectivity index (χ3n) is 7.92. The molecule has 2 fully saturated rings. The Bertz CT molecular complexity index is 1510. The molecule has 0 aromatic heterocycles. The molecule has 5 atom stereocenters. The van der Waals surface area contributed by atoms with Gasteiger partial charge in [0.05, 0.1) is 24.5 Å². The zero-order valence-electron chi connectivity index (χ0n) is 21.6. The number of fused-ring (bicyclic) bond motifs is 1. The lowest BCUT2D eigenvalue weighted by Gasteiger charge is -2.42. The predicted molar refractivity (Wildman–Crippen MR) is 143 cm³/mol. The van der Waals surface area contributed by atoms with Crippen molar-refractivity contribution in [3.05, 3.63) is 113 Å². The van der Waals surface area contributed by atoms with Crippen molar-refractivity contribution in [1.29, 1.82) is 0 Å². The van der Waals surface area contributed by atoms with E-state index in [4.69, 9.17) is 4.74 Å². The second-order valence-electron chi connectivity index (χ2n) is 10.5. The topological polar surface area (TPSA) is 87.7 Å². The fourth-order valence-electron chi connectivity index (χ4n) is 5.91. The molecule has 2 saturated heterocycles. The minimum Gasteiger partial charge on any atom is -0.360 e. The van der Waals surface area contributed by atoms with Gasteiger partial charge in [0.1, 0.15) is 23.3 Å². The normalized spacial score (nSPS) is 27.1. The fourth-order valence-corrected chi connectivity index (χ4v) is 5.91. The summed E-state index contributed by atoms with van der Waals surface area (Å²) in [4.78, 5) is 43.1. The SMILES string of the molecule is Cc1ccc(NC(=O)[C@@H]2[C@H]3C=C[C@@]4(CNC(=O)[C@H](c5ccc(F)cc5)N(Cc5ccccc5F)C(=O)[C@@H]24)O3)cc1. The van der Waals surface area contributed by atoms with Crippen molar-refractivity contribution >= 4 is 23.4 Å². The number of carbonyl (C=O) groups excluding carboxylic acids is 3. The highest BCUT2D eigenvalue weighted by Gasteiger charge is 2.64. The summed E-state index contributed by atoms with van der Waals surface area (Å²) in [6, 6.07) is 17.4. The average molecular weight is 544 g/mol. The second-order valence-corrected chi connectivity index (χ2v) is 10.5. The Kier molecular flexibility index (Phi) is 6.46. The number of hydrogen-bond donors (Lipinski definition) is 2. The molecule has 0 saturated carbocycles. The lowest BCUT2D eigenvalue weighted by Crippen LogP contribution is -2.59. The van der Waals surface area contributed by atoms with E-state index >= 15 is 0 Å². The number of benzene rings is 3. The van der Waals surface area contributed by atoms with Crippen LogP contribution in [0.2, 0.25) is 0 Å². The van der Waals surface area contributed by atoms with Crippen molar-refractivity contribution in [2.45, 2.75) is 31.2 Å². The summed E-state index contributed by atoms with van der Waals surface area (Å²) >= 11 is 0. The standard InChI is InChI=1S/C31H27F2N3O4/c1-18-6-12-22(13-7-18)35-28(37)25-24-14-15-31(40-24)17-34-29(38)27(19-8-10-21(32)11-9-19)36(30(39)26(25)31)16-20-4-2-3-5-23(20)33/h2-15,24-27H,16-17H2,1H3,(H,34,38)(H,35,37)/t24-,25-,26-,27+,31+/m1/s1. The van der Waals surface area contributed by atoms with Crippen LogP contribution < -0.4 is 10.6 Å². The molecular formula is C31H27F2N3O4. The summed E-state index contributed by atoms with van der Waals surface area (Å²) in [7, 11) is 0. The Hall–Kier alpha value is -4.37. The highest BCUT2D eigenvalue weighted by Crippen LogP contribution is 2.49. The molecule has 6 rings (SSSR count). The van der Waals surface area contributed by atoms with Gasteiger partial charge in [-0.1, -0.05) is 60.2 Å². The van der Waals surface area contributed by atoms with E-state index in [-0.39, 0.29) is 18.7 Å². The molecule has 3 aromatic carbocycles. The zero-order chi connectivity index (χ0) is 28.0. The van der Waals surface area contributed by atoms with Crippen LogP contribution in [-0.2, 0) is 25.7 Å². The molecule has 9 heteroatoms. The van der Waals surface area contributed by atoms with Crippen LogP contribution in [0.4, 0.5) is 14.5 Å². The molecule has 2 N–H and O–H groups in total. The first-order valence-corrected chi connectivity index (χ1v) is 13.1. The molecule has 3 aliphatic rings. The number of nitrogens with zero attached hydrogens (tertiary/aromatic N) is 1. The fraction of sp³-hybridized carbons (Fsp3) is 0.258. The van der Waals surface area contributed by atoms with Gasteiger partial charge in [0.2, 0.25) is 17.7 Å². The monoisotopic (exact) mass is 543 g/mol. The molecule has 0 radical (unpaired) electrons. The average Bonchev–Trinajstić information content (AvgIpc) is 3.51. The van der Waals surface area contributed by atoms with E-state index in [1.165, 1.54) is 47.4 Å². The molecule has 3 aliphatic heterocycles. The van der Waals surface area contributed by atoms with Crippen LogP contribution in [0, 0.1) is 30.4 Å². The van der Waals surface area contributed by atoms with E-state index in [0.29, 0.717) is 11.3 Å². The second kappa shape index (κ2) is 9.98. The minimum absolute atomic E-state index is 0.0330. The van der Waals surface area contributed by atoms with Crippen LogP contribution >= 0.6 is 0 Å². The molecule has 1 spiro atoms. The number of aryl methyl sites for hydroxylation is 1. The summed E-state index contributed by atoms with van der Waals surface area (Å²) in [6.45, 7) is 1.66. The zero-order valence-corrected chi connectivity index (χ0v) is 21.6. The summed E-state index contributed by atoms with van der Waals surface area (Å²) in [6.07, 6.45) is 2.79. The Morgan fingerprint density at radius 2 is 1.77 bits per heavy atom. The van der Waals surface area contributed by atoms with Gasteiger partial charge in [-0.25, -0.2) is 8.78 Å². The van der Waals surface area contributed by atoms with Crippen molar-refractivity contribution in [3.63, 3.8) is 0 Å². The van der Waals surface area contributed by atoms with E-state index in [2.05, 4.69) is 10.6 Å². The van der Waals surface area contributed by atoms with Crippen LogP contribution in [0.1, 0.15) is 22.7 Å². The Labute approximate surface area is 229 Å². The number of anilines is 1. The van der Waals surface area contributed by atoms with Crippen LogP contribution in [0.15, 0.2) is 84.9 Å². The van der Waals surface area contributed by atoms with Gasteiger partial charge in [-0.3, -0.25) is 14.4 Å². The van der Waals surface area contributed by atoms with Gasteiger partial charge in [-0.05, 0) is 42.8 Å². The van der Waals surface area contributed by atoms with Crippen molar-refractivity contribution in [2.75, 3.05) is 11.9 Å². The molecule has 3 aromatic rings. The molecule has 204 valence electrons. The largest absolute Gasteiger partial charge is 0.360 e. The van der Waals surface area contributed by atoms with E-state index < -0.39 is 58.9 Å². The van der Waals surface area contributed by atoms with Crippen molar-refractivity contribution in [2.24, 2.45) is 11.8 Å². The summed E-state index contributed by atoms with van der Waals surface area (Å²) in [5.41, 5.74) is 0.930. The van der Waals surface area contributed by atoms with Gasteiger partial charge < -0.3 is 20.3 Å². The number of rotatable bonds is 5. The third-order valence-corrected chi connectivity index (χ3v) is 7.92. The maximum Gasteiger partial charge on any atom is 0.247 e. The number of ether oxygens (including phenoxy) is 1. The number of halogens is 2. The number of carbonyl (C=O) groups is 3. The third kappa shape index (κ3) is 4.46. The highest BCUT2D eigenvalue weighted by atomic mass is 19.1. The highest BCUT2D eigenvalue weighted by molar-refractivity contribution is 6.00.